The van der Waals surface area contributed by atoms with Crippen molar-refractivity contribution in [3.05, 3.63) is 60.4 Å². The Labute approximate surface area is 158 Å². The van der Waals surface area contributed by atoms with Crippen LogP contribution in [-0.2, 0) is 21.2 Å². The van der Waals surface area contributed by atoms with E-state index in [-0.39, 0.29) is 23.8 Å². The SMILES string of the molecule is O=C(CCNS(=O)(=O)c1ccccc1)NCCCc1nc2ccccc2[nH]1. The minimum absolute atomic E-state index is 0.0621. The number of nitrogens with zero attached hydrogens (tertiary/aromatic N) is 1. The normalized spacial score (nSPS) is 11.6. The molecule has 0 aliphatic carbocycles. The molecule has 0 aliphatic rings. The molecule has 27 heavy (non-hydrogen) atoms. The quantitative estimate of drug-likeness (QED) is 0.489. The highest BCUT2D eigenvalue weighted by Gasteiger charge is 2.13. The molecule has 0 bridgehead atoms. The van der Waals surface area contributed by atoms with E-state index in [1.807, 2.05) is 24.3 Å². The second-order valence-electron chi connectivity index (χ2n) is 6.11. The number of hydrogen-bond acceptors (Lipinski definition) is 4. The molecule has 0 unspecified atom stereocenters. The van der Waals surface area contributed by atoms with Crippen LogP contribution in [0.5, 0.6) is 0 Å². The van der Waals surface area contributed by atoms with Gasteiger partial charge in [-0.1, -0.05) is 30.3 Å². The Morgan fingerprint density at radius 2 is 1.74 bits per heavy atom. The Kier molecular flexibility index (Phi) is 6.20. The largest absolute Gasteiger partial charge is 0.356 e. The van der Waals surface area contributed by atoms with E-state index in [0.717, 1.165) is 29.7 Å². The van der Waals surface area contributed by atoms with Gasteiger partial charge in [0.05, 0.1) is 15.9 Å². The number of aryl methyl sites for hydroxylation is 1. The van der Waals surface area contributed by atoms with Crippen molar-refractivity contribution in [3.8, 4) is 0 Å². The molecule has 1 heterocycles. The van der Waals surface area contributed by atoms with E-state index < -0.39 is 10.0 Å². The average molecular weight is 386 g/mol. The molecule has 1 amide bonds. The number of carbonyl (C=O) groups excluding carboxylic acids is 1. The van der Waals surface area contributed by atoms with Crippen molar-refractivity contribution >= 4 is 27.0 Å². The van der Waals surface area contributed by atoms with Crippen LogP contribution in [0.25, 0.3) is 11.0 Å². The lowest BCUT2D eigenvalue weighted by molar-refractivity contribution is -0.120. The summed E-state index contributed by atoms with van der Waals surface area (Å²) in [5.74, 6) is 0.705. The van der Waals surface area contributed by atoms with Crippen molar-refractivity contribution in [1.29, 1.82) is 0 Å². The molecule has 1 aromatic heterocycles. The Balaban J connectivity index is 1.35. The molecule has 3 rings (SSSR count). The molecule has 2 aromatic carbocycles. The van der Waals surface area contributed by atoms with Crippen molar-refractivity contribution < 1.29 is 13.2 Å². The highest BCUT2D eigenvalue weighted by atomic mass is 32.2. The molecule has 0 spiro atoms. The number of benzene rings is 2. The Morgan fingerprint density at radius 1 is 1.00 bits per heavy atom. The lowest BCUT2D eigenvalue weighted by Crippen LogP contribution is -2.31. The number of amides is 1. The van der Waals surface area contributed by atoms with Gasteiger partial charge in [-0.15, -0.1) is 0 Å². The van der Waals surface area contributed by atoms with Crippen molar-refractivity contribution in [3.63, 3.8) is 0 Å². The van der Waals surface area contributed by atoms with Crippen LogP contribution in [0.3, 0.4) is 0 Å². The third-order valence-electron chi connectivity index (χ3n) is 4.05. The monoisotopic (exact) mass is 386 g/mol. The summed E-state index contributed by atoms with van der Waals surface area (Å²) in [6, 6.07) is 15.9. The van der Waals surface area contributed by atoms with Crippen LogP contribution in [0, 0.1) is 0 Å². The van der Waals surface area contributed by atoms with Gasteiger partial charge in [0.2, 0.25) is 15.9 Å². The van der Waals surface area contributed by atoms with Crippen LogP contribution in [0.15, 0.2) is 59.5 Å². The van der Waals surface area contributed by atoms with E-state index in [2.05, 4.69) is 20.0 Å². The molecule has 3 aromatic rings. The fourth-order valence-electron chi connectivity index (χ4n) is 2.68. The van der Waals surface area contributed by atoms with Gasteiger partial charge < -0.3 is 10.3 Å². The summed E-state index contributed by atoms with van der Waals surface area (Å²) in [7, 11) is -3.57. The van der Waals surface area contributed by atoms with Gasteiger partial charge in [-0.05, 0) is 30.7 Å². The molecular formula is C19H22N4O3S. The summed E-state index contributed by atoms with van der Waals surface area (Å²) in [6.45, 7) is 0.577. The Bertz CT molecular complexity index is 967. The Morgan fingerprint density at radius 3 is 2.52 bits per heavy atom. The number of imidazole rings is 1. The zero-order valence-electron chi connectivity index (χ0n) is 14.8. The first-order valence-corrected chi connectivity index (χ1v) is 10.3. The number of sulfonamides is 1. The molecule has 0 fully saturated rings. The predicted octanol–water partition coefficient (Wildman–Crippen LogP) is 1.98. The molecule has 0 saturated heterocycles. The zero-order valence-corrected chi connectivity index (χ0v) is 15.6. The van der Waals surface area contributed by atoms with Crippen LogP contribution in [-0.4, -0.2) is 37.4 Å². The molecule has 0 atom stereocenters. The standard InChI is InChI=1S/C19H22N4O3S/c24-19(12-14-21-27(25,26)15-7-2-1-3-8-15)20-13-6-11-18-22-16-9-4-5-10-17(16)23-18/h1-5,7-10,21H,6,11-14H2,(H,20,24)(H,22,23). The lowest BCUT2D eigenvalue weighted by atomic mass is 10.3. The summed E-state index contributed by atoms with van der Waals surface area (Å²) in [6.07, 6.45) is 1.58. The zero-order chi connectivity index (χ0) is 19.1. The number of aromatic amines is 1. The maximum absolute atomic E-state index is 12.1. The molecule has 7 nitrogen and oxygen atoms in total. The highest BCUT2D eigenvalue weighted by molar-refractivity contribution is 7.89. The molecular weight excluding hydrogens is 364 g/mol. The van der Waals surface area contributed by atoms with Gasteiger partial charge in [0.25, 0.3) is 0 Å². The first kappa shape index (κ1) is 19.1. The van der Waals surface area contributed by atoms with Gasteiger partial charge in [-0.2, -0.15) is 0 Å². The van der Waals surface area contributed by atoms with Crippen LogP contribution < -0.4 is 10.0 Å². The van der Waals surface area contributed by atoms with E-state index in [1.165, 1.54) is 12.1 Å². The van der Waals surface area contributed by atoms with Crippen molar-refractivity contribution in [1.82, 2.24) is 20.0 Å². The van der Waals surface area contributed by atoms with Gasteiger partial charge in [-0.3, -0.25) is 4.79 Å². The Hall–Kier alpha value is -2.71. The number of rotatable bonds is 9. The summed E-state index contributed by atoms with van der Waals surface area (Å²) < 4.78 is 26.5. The number of carbonyl (C=O) groups is 1. The van der Waals surface area contributed by atoms with Gasteiger partial charge >= 0.3 is 0 Å². The first-order valence-electron chi connectivity index (χ1n) is 8.80. The van der Waals surface area contributed by atoms with Gasteiger partial charge in [0, 0.05) is 25.9 Å². The number of aromatic nitrogens is 2. The average Bonchev–Trinajstić information content (AvgIpc) is 3.09. The number of fused-ring (bicyclic) bond motifs is 1. The highest BCUT2D eigenvalue weighted by Crippen LogP contribution is 2.11. The smallest absolute Gasteiger partial charge is 0.240 e. The maximum atomic E-state index is 12.1. The summed E-state index contributed by atoms with van der Waals surface area (Å²) >= 11 is 0. The van der Waals surface area contributed by atoms with E-state index in [9.17, 15) is 13.2 Å². The topological polar surface area (TPSA) is 104 Å². The maximum Gasteiger partial charge on any atom is 0.240 e. The number of hydrogen-bond donors (Lipinski definition) is 3. The third kappa shape index (κ3) is 5.38. The van der Waals surface area contributed by atoms with Crippen molar-refractivity contribution in [2.45, 2.75) is 24.2 Å². The fourth-order valence-corrected chi connectivity index (χ4v) is 3.73. The van der Waals surface area contributed by atoms with Crippen LogP contribution in [0.4, 0.5) is 0 Å². The minimum Gasteiger partial charge on any atom is -0.356 e. The van der Waals surface area contributed by atoms with Gasteiger partial charge in [0.1, 0.15) is 5.82 Å². The van der Waals surface area contributed by atoms with Crippen molar-refractivity contribution in [2.75, 3.05) is 13.1 Å². The van der Waals surface area contributed by atoms with Crippen LogP contribution in [0.2, 0.25) is 0 Å². The first-order chi connectivity index (χ1) is 13.0. The summed E-state index contributed by atoms with van der Waals surface area (Å²) in [5, 5.41) is 2.80. The number of para-hydroxylation sites is 2. The number of H-pyrrole nitrogens is 1. The van der Waals surface area contributed by atoms with E-state index in [4.69, 9.17) is 0 Å². The molecule has 3 N–H and O–H groups in total. The second kappa shape index (κ2) is 8.79. The molecule has 142 valence electrons. The van der Waals surface area contributed by atoms with Crippen LogP contribution in [0.1, 0.15) is 18.7 Å². The second-order valence-corrected chi connectivity index (χ2v) is 7.88. The summed E-state index contributed by atoms with van der Waals surface area (Å²) in [4.78, 5) is 19.8. The predicted molar refractivity (Wildman–Crippen MR) is 104 cm³/mol. The fraction of sp³-hybridized carbons (Fsp3) is 0.263. The third-order valence-corrected chi connectivity index (χ3v) is 5.53. The van der Waals surface area contributed by atoms with Crippen LogP contribution >= 0.6 is 0 Å². The molecule has 0 radical (unpaired) electrons. The summed E-state index contributed by atoms with van der Waals surface area (Å²) in [5.41, 5.74) is 1.93. The minimum atomic E-state index is -3.57. The lowest BCUT2D eigenvalue weighted by Gasteiger charge is -2.07. The number of nitrogens with one attached hydrogen (secondary N) is 3. The van der Waals surface area contributed by atoms with Crippen molar-refractivity contribution in [2.24, 2.45) is 0 Å². The van der Waals surface area contributed by atoms with E-state index >= 15 is 0 Å². The molecule has 0 saturated carbocycles. The van der Waals surface area contributed by atoms with E-state index in [0.29, 0.717) is 6.54 Å². The van der Waals surface area contributed by atoms with Gasteiger partial charge in [-0.25, -0.2) is 18.1 Å². The van der Waals surface area contributed by atoms with E-state index in [1.54, 1.807) is 18.2 Å². The molecule has 0 aliphatic heterocycles. The molecule has 8 heteroatoms. The van der Waals surface area contributed by atoms with Gasteiger partial charge in [0.15, 0.2) is 0 Å².